The van der Waals surface area contributed by atoms with Crippen LogP contribution in [0.15, 0.2) is 12.1 Å². The number of ether oxygens (including phenoxy) is 1. The van der Waals surface area contributed by atoms with Gasteiger partial charge in [0.2, 0.25) is 5.91 Å². The van der Waals surface area contributed by atoms with Crippen LogP contribution in [0.5, 0.6) is 0 Å². The summed E-state index contributed by atoms with van der Waals surface area (Å²) in [5.74, 6) is 1.93. The van der Waals surface area contributed by atoms with Crippen molar-refractivity contribution in [1.29, 1.82) is 0 Å². The van der Waals surface area contributed by atoms with E-state index in [2.05, 4.69) is 32.1 Å². The van der Waals surface area contributed by atoms with E-state index in [1.807, 2.05) is 4.90 Å². The van der Waals surface area contributed by atoms with E-state index in [1.54, 1.807) is 7.11 Å². The van der Waals surface area contributed by atoms with Gasteiger partial charge in [-0.2, -0.15) is 0 Å². The molecule has 2 fully saturated rings. The standard InChI is InChI=1S/C17H27N5O2/c1-24-14-17(23)22-12-10-21(11-13-22)16-7-6-15(18-19-16)20-8-4-2-3-5-9-20/h6-7H,2-5,8-14H2,1H3. The molecular formula is C17H27N5O2. The summed E-state index contributed by atoms with van der Waals surface area (Å²) in [7, 11) is 1.55. The van der Waals surface area contributed by atoms with E-state index in [9.17, 15) is 4.79 Å². The van der Waals surface area contributed by atoms with Crippen LogP contribution in [0.3, 0.4) is 0 Å². The Balaban J connectivity index is 1.55. The zero-order chi connectivity index (χ0) is 16.8. The van der Waals surface area contributed by atoms with Crippen LogP contribution in [0.2, 0.25) is 0 Å². The Bertz CT molecular complexity index is 520. The lowest BCUT2D eigenvalue weighted by Crippen LogP contribution is -2.50. The van der Waals surface area contributed by atoms with Crippen LogP contribution in [0.4, 0.5) is 11.6 Å². The summed E-state index contributed by atoms with van der Waals surface area (Å²) in [6.07, 6.45) is 5.10. The molecule has 0 unspecified atom stereocenters. The molecule has 2 aliphatic rings. The van der Waals surface area contributed by atoms with Crippen molar-refractivity contribution in [3.05, 3.63) is 12.1 Å². The van der Waals surface area contributed by atoms with Crippen LogP contribution >= 0.6 is 0 Å². The molecule has 7 nitrogen and oxygen atoms in total. The van der Waals surface area contributed by atoms with E-state index in [4.69, 9.17) is 4.74 Å². The van der Waals surface area contributed by atoms with Crippen LogP contribution < -0.4 is 9.80 Å². The topological polar surface area (TPSA) is 61.8 Å². The number of piperazine rings is 1. The van der Waals surface area contributed by atoms with Crippen LogP contribution in [-0.2, 0) is 9.53 Å². The molecule has 24 heavy (non-hydrogen) atoms. The maximum absolute atomic E-state index is 11.8. The van der Waals surface area contributed by atoms with E-state index >= 15 is 0 Å². The summed E-state index contributed by atoms with van der Waals surface area (Å²) in [5.41, 5.74) is 0. The van der Waals surface area contributed by atoms with E-state index in [0.29, 0.717) is 13.1 Å². The maximum Gasteiger partial charge on any atom is 0.248 e. The van der Waals surface area contributed by atoms with Crippen molar-refractivity contribution in [2.24, 2.45) is 0 Å². The molecule has 0 bridgehead atoms. The van der Waals surface area contributed by atoms with Gasteiger partial charge in [-0.05, 0) is 25.0 Å². The van der Waals surface area contributed by atoms with Crippen molar-refractivity contribution in [3.8, 4) is 0 Å². The number of hydrogen-bond acceptors (Lipinski definition) is 6. The molecule has 2 saturated heterocycles. The first-order chi connectivity index (χ1) is 11.8. The molecular weight excluding hydrogens is 306 g/mol. The van der Waals surface area contributed by atoms with Crippen molar-refractivity contribution >= 4 is 17.5 Å². The molecule has 132 valence electrons. The highest BCUT2D eigenvalue weighted by Gasteiger charge is 2.22. The number of aromatic nitrogens is 2. The number of rotatable bonds is 4. The van der Waals surface area contributed by atoms with Crippen molar-refractivity contribution in [3.63, 3.8) is 0 Å². The molecule has 0 atom stereocenters. The molecule has 3 rings (SSSR count). The maximum atomic E-state index is 11.8. The predicted molar refractivity (Wildman–Crippen MR) is 93.4 cm³/mol. The molecule has 0 N–H and O–H groups in total. The first kappa shape index (κ1) is 17.0. The number of carbonyl (C=O) groups excluding carboxylic acids is 1. The first-order valence-electron chi connectivity index (χ1n) is 8.88. The van der Waals surface area contributed by atoms with Gasteiger partial charge in [0.1, 0.15) is 6.61 Å². The Hall–Kier alpha value is -1.89. The second-order valence-electron chi connectivity index (χ2n) is 6.45. The molecule has 1 amide bonds. The monoisotopic (exact) mass is 333 g/mol. The van der Waals surface area contributed by atoms with Gasteiger partial charge in [-0.25, -0.2) is 0 Å². The summed E-state index contributed by atoms with van der Waals surface area (Å²) in [4.78, 5) is 18.2. The molecule has 0 spiro atoms. The largest absolute Gasteiger partial charge is 0.375 e. The molecule has 0 aliphatic carbocycles. The van der Waals surface area contributed by atoms with Crippen molar-refractivity contribution in [1.82, 2.24) is 15.1 Å². The molecule has 2 aliphatic heterocycles. The molecule has 1 aromatic heterocycles. The average molecular weight is 333 g/mol. The number of methoxy groups -OCH3 is 1. The van der Waals surface area contributed by atoms with Crippen LogP contribution in [0.25, 0.3) is 0 Å². The van der Waals surface area contributed by atoms with Crippen molar-refractivity contribution in [2.45, 2.75) is 25.7 Å². The fraction of sp³-hybridized carbons (Fsp3) is 0.706. The van der Waals surface area contributed by atoms with Gasteiger partial charge in [0.15, 0.2) is 11.6 Å². The Morgan fingerprint density at radius 3 is 1.96 bits per heavy atom. The summed E-state index contributed by atoms with van der Waals surface area (Å²) >= 11 is 0. The number of nitrogens with zero attached hydrogens (tertiary/aromatic N) is 5. The smallest absolute Gasteiger partial charge is 0.248 e. The van der Waals surface area contributed by atoms with Gasteiger partial charge in [-0.3, -0.25) is 4.79 Å². The highest BCUT2D eigenvalue weighted by molar-refractivity contribution is 5.77. The third-order valence-electron chi connectivity index (χ3n) is 4.79. The minimum Gasteiger partial charge on any atom is -0.375 e. The molecule has 1 aromatic rings. The number of carbonyl (C=O) groups is 1. The Morgan fingerprint density at radius 1 is 0.917 bits per heavy atom. The highest BCUT2D eigenvalue weighted by Crippen LogP contribution is 2.19. The zero-order valence-electron chi connectivity index (χ0n) is 14.5. The molecule has 3 heterocycles. The Kier molecular flexibility index (Phi) is 5.85. The van der Waals surface area contributed by atoms with Gasteiger partial charge in [0.05, 0.1) is 0 Å². The van der Waals surface area contributed by atoms with Gasteiger partial charge in [-0.1, -0.05) is 12.8 Å². The normalized spacial score (nSPS) is 19.3. The lowest BCUT2D eigenvalue weighted by Gasteiger charge is -2.35. The third kappa shape index (κ3) is 4.14. The third-order valence-corrected chi connectivity index (χ3v) is 4.79. The number of anilines is 2. The van der Waals surface area contributed by atoms with Crippen molar-refractivity contribution < 1.29 is 9.53 Å². The average Bonchev–Trinajstić information content (AvgIpc) is 2.92. The number of amides is 1. The summed E-state index contributed by atoms with van der Waals surface area (Å²) in [6.45, 7) is 5.29. The van der Waals surface area contributed by atoms with E-state index < -0.39 is 0 Å². The molecule has 0 saturated carbocycles. The van der Waals surface area contributed by atoms with Gasteiger partial charge >= 0.3 is 0 Å². The molecule has 0 radical (unpaired) electrons. The minimum absolute atomic E-state index is 0.0553. The SMILES string of the molecule is COCC(=O)N1CCN(c2ccc(N3CCCCCC3)nn2)CC1. The van der Waals surface area contributed by atoms with E-state index in [1.165, 1.54) is 25.7 Å². The van der Waals surface area contributed by atoms with Crippen LogP contribution in [0, 0.1) is 0 Å². The Morgan fingerprint density at radius 2 is 1.46 bits per heavy atom. The van der Waals surface area contributed by atoms with E-state index in [-0.39, 0.29) is 12.5 Å². The quantitative estimate of drug-likeness (QED) is 0.824. The van der Waals surface area contributed by atoms with Crippen LogP contribution in [0.1, 0.15) is 25.7 Å². The highest BCUT2D eigenvalue weighted by atomic mass is 16.5. The lowest BCUT2D eigenvalue weighted by molar-refractivity contribution is -0.135. The van der Waals surface area contributed by atoms with Crippen molar-refractivity contribution in [2.75, 3.05) is 62.8 Å². The predicted octanol–water partition coefficient (Wildman–Crippen LogP) is 1.15. The lowest BCUT2D eigenvalue weighted by atomic mass is 10.2. The second kappa shape index (κ2) is 8.28. The summed E-state index contributed by atoms with van der Waals surface area (Å²) in [6, 6.07) is 4.13. The van der Waals surface area contributed by atoms with Gasteiger partial charge in [0.25, 0.3) is 0 Å². The summed E-state index contributed by atoms with van der Waals surface area (Å²) < 4.78 is 4.92. The fourth-order valence-electron chi connectivity index (χ4n) is 3.35. The van der Waals surface area contributed by atoms with Gasteiger partial charge in [0, 0.05) is 46.4 Å². The summed E-state index contributed by atoms with van der Waals surface area (Å²) in [5, 5.41) is 8.86. The first-order valence-corrected chi connectivity index (χ1v) is 8.88. The second-order valence-corrected chi connectivity index (χ2v) is 6.45. The molecule has 0 aromatic carbocycles. The minimum atomic E-state index is 0.0553. The fourth-order valence-corrected chi connectivity index (χ4v) is 3.35. The van der Waals surface area contributed by atoms with Gasteiger partial charge in [-0.15, -0.1) is 10.2 Å². The molecule has 7 heteroatoms. The van der Waals surface area contributed by atoms with Crippen LogP contribution in [-0.4, -0.2) is 74.0 Å². The van der Waals surface area contributed by atoms with Gasteiger partial charge < -0.3 is 19.4 Å². The number of hydrogen-bond donors (Lipinski definition) is 0. The Labute approximate surface area is 143 Å². The zero-order valence-corrected chi connectivity index (χ0v) is 14.5. The van der Waals surface area contributed by atoms with E-state index in [0.717, 1.165) is 37.8 Å².